The Bertz CT molecular complexity index is 519. The molecule has 2 heterocycles. The number of nitrogens with two attached hydrogens (primary N) is 1. The lowest BCUT2D eigenvalue weighted by atomic mass is 10.1. The summed E-state index contributed by atoms with van der Waals surface area (Å²) in [6.07, 6.45) is 4.83. The first-order chi connectivity index (χ1) is 8.93. The van der Waals surface area contributed by atoms with Crippen molar-refractivity contribution in [1.29, 1.82) is 0 Å². The first-order valence-electron chi connectivity index (χ1n) is 6.29. The Labute approximate surface area is 114 Å². The molecule has 0 aromatic carbocycles. The van der Waals surface area contributed by atoms with Crippen LogP contribution in [0.15, 0.2) is 12.5 Å². The van der Waals surface area contributed by atoms with Crippen LogP contribution in [0.4, 0.5) is 0 Å². The summed E-state index contributed by atoms with van der Waals surface area (Å²) < 4.78 is 26.4. The average molecular weight is 287 g/mol. The fraction of sp³-hybridized carbons (Fsp3) is 0.727. The molecule has 2 rings (SSSR count). The number of hydrogen-bond donors (Lipinski definition) is 1. The first kappa shape index (κ1) is 14.4. The molecule has 2 N–H and O–H groups in total. The molecule has 1 saturated heterocycles. The summed E-state index contributed by atoms with van der Waals surface area (Å²) >= 11 is 0. The van der Waals surface area contributed by atoms with Crippen molar-refractivity contribution in [1.82, 2.24) is 18.8 Å². The number of nitrogens with zero attached hydrogens (tertiary/aromatic N) is 4. The molecule has 108 valence electrons. The minimum atomic E-state index is -3.09. The molecule has 0 aliphatic carbocycles. The van der Waals surface area contributed by atoms with Crippen molar-refractivity contribution in [3.63, 3.8) is 0 Å². The van der Waals surface area contributed by atoms with Crippen LogP contribution < -0.4 is 5.73 Å². The van der Waals surface area contributed by atoms with Crippen LogP contribution in [0.5, 0.6) is 0 Å². The van der Waals surface area contributed by atoms with E-state index in [9.17, 15) is 8.42 Å². The van der Waals surface area contributed by atoms with Gasteiger partial charge in [-0.05, 0) is 0 Å². The molecule has 0 amide bonds. The minimum absolute atomic E-state index is 0.0919. The Hall–Kier alpha value is -0.960. The summed E-state index contributed by atoms with van der Waals surface area (Å²) in [6, 6.07) is 0.0919. The zero-order valence-electron chi connectivity index (χ0n) is 11.4. The molecule has 1 fully saturated rings. The van der Waals surface area contributed by atoms with E-state index >= 15 is 0 Å². The Kier molecular flexibility index (Phi) is 4.24. The van der Waals surface area contributed by atoms with E-state index in [0.717, 1.165) is 5.69 Å². The smallest absolute Gasteiger partial charge is 0.211 e. The first-order valence-corrected chi connectivity index (χ1v) is 8.13. The van der Waals surface area contributed by atoms with Crippen molar-refractivity contribution in [2.75, 3.05) is 39.0 Å². The molecule has 19 heavy (non-hydrogen) atoms. The van der Waals surface area contributed by atoms with Crippen LogP contribution in [0.2, 0.25) is 0 Å². The highest BCUT2D eigenvalue weighted by Crippen LogP contribution is 2.21. The number of sulfonamides is 1. The van der Waals surface area contributed by atoms with E-state index < -0.39 is 10.0 Å². The average Bonchev–Trinajstić information content (AvgIpc) is 2.76. The summed E-state index contributed by atoms with van der Waals surface area (Å²) in [5, 5.41) is 0. The van der Waals surface area contributed by atoms with Crippen LogP contribution in [-0.4, -0.2) is 66.2 Å². The minimum Gasteiger partial charge on any atom is -0.336 e. The summed E-state index contributed by atoms with van der Waals surface area (Å²) in [7, 11) is -1.14. The van der Waals surface area contributed by atoms with Crippen molar-refractivity contribution < 1.29 is 8.42 Å². The summed E-state index contributed by atoms with van der Waals surface area (Å²) in [5.41, 5.74) is 6.93. The van der Waals surface area contributed by atoms with Crippen LogP contribution in [0, 0.1) is 0 Å². The fourth-order valence-corrected chi connectivity index (χ4v) is 3.32. The van der Waals surface area contributed by atoms with Crippen LogP contribution in [0.25, 0.3) is 0 Å². The largest absolute Gasteiger partial charge is 0.336 e. The molecule has 0 bridgehead atoms. The Morgan fingerprint density at radius 2 is 2.00 bits per heavy atom. The van der Waals surface area contributed by atoms with Gasteiger partial charge in [-0.25, -0.2) is 13.4 Å². The normalized spacial score (nSPS) is 20.6. The second kappa shape index (κ2) is 5.58. The summed E-state index contributed by atoms with van der Waals surface area (Å²) in [5.74, 6) is 0. The van der Waals surface area contributed by atoms with Gasteiger partial charge in [0.15, 0.2) is 0 Å². The van der Waals surface area contributed by atoms with E-state index in [2.05, 4.69) is 9.88 Å². The van der Waals surface area contributed by atoms with Crippen LogP contribution >= 0.6 is 0 Å². The molecule has 1 aromatic heterocycles. The molecule has 1 aromatic rings. The number of imidazole rings is 1. The monoisotopic (exact) mass is 287 g/mol. The van der Waals surface area contributed by atoms with E-state index in [1.807, 2.05) is 17.8 Å². The van der Waals surface area contributed by atoms with Gasteiger partial charge in [0.05, 0.1) is 24.3 Å². The van der Waals surface area contributed by atoms with Gasteiger partial charge in [0, 0.05) is 46.0 Å². The standard InChI is InChI=1S/C11H21N5O2S/c1-14-9-13-8-11(14)10(7-12)15-3-5-16(6-4-15)19(2,17)18/h8-10H,3-7,12H2,1-2H3. The zero-order valence-corrected chi connectivity index (χ0v) is 12.2. The fourth-order valence-electron chi connectivity index (χ4n) is 2.49. The summed E-state index contributed by atoms with van der Waals surface area (Å²) in [4.78, 5) is 6.33. The number of aromatic nitrogens is 2. The maximum atomic E-state index is 11.5. The molecule has 7 nitrogen and oxygen atoms in total. The van der Waals surface area contributed by atoms with Crippen LogP contribution in [0.3, 0.4) is 0 Å². The summed E-state index contributed by atoms with van der Waals surface area (Å²) in [6.45, 7) is 2.93. The van der Waals surface area contributed by atoms with E-state index in [0.29, 0.717) is 32.7 Å². The van der Waals surface area contributed by atoms with E-state index in [1.54, 1.807) is 6.33 Å². The highest BCUT2D eigenvalue weighted by molar-refractivity contribution is 7.88. The maximum absolute atomic E-state index is 11.5. The Morgan fingerprint density at radius 1 is 1.37 bits per heavy atom. The van der Waals surface area contributed by atoms with E-state index in [4.69, 9.17) is 5.73 Å². The van der Waals surface area contributed by atoms with E-state index in [-0.39, 0.29) is 6.04 Å². The molecule has 8 heteroatoms. The van der Waals surface area contributed by atoms with Crippen molar-refractivity contribution in [2.45, 2.75) is 6.04 Å². The van der Waals surface area contributed by atoms with Gasteiger partial charge in [-0.3, -0.25) is 4.90 Å². The van der Waals surface area contributed by atoms with Gasteiger partial charge in [0.2, 0.25) is 10.0 Å². The van der Waals surface area contributed by atoms with Crippen molar-refractivity contribution in [2.24, 2.45) is 12.8 Å². The van der Waals surface area contributed by atoms with Gasteiger partial charge in [0.25, 0.3) is 0 Å². The van der Waals surface area contributed by atoms with Gasteiger partial charge < -0.3 is 10.3 Å². The predicted molar refractivity (Wildman–Crippen MR) is 73.0 cm³/mol. The second-order valence-electron chi connectivity index (χ2n) is 4.88. The third-order valence-corrected chi connectivity index (χ3v) is 4.90. The molecule has 1 atom stereocenters. The highest BCUT2D eigenvalue weighted by Gasteiger charge is 2.28. The second-order valence-corrected chi connectivity index (χ2v) is 6.86. The predicted octanol–water partition coefficient (Wildman–Crippen LogP) is -1.00. The van der Waals surface area contributed by atoms with Crippen molar-refractivity contribution >= 4 is 10.0 Å². The lowest BCUT2D eigenvalue weighted by molar-refractivity contribution is 0.136. The molecule has 0 saturated carbocycles. The molecule has 1 aliphatic rings. The third-order valence-electron chi connectivity index (χ3n) is 3.60. The number of aryl methyl sites for hydroxylation is 1. The SMILES string of the molecule is Cn1cncc1C(CN)N1CCN(S(C)(=O)=O)CC1. The van der Waals surface area contributed by atoms with Gasteiger partial charge in [-0.15, -0.1) is 0 Å². The van der Waals surface area contributed by atoms with Gasteiger partial charge >= 0.3 is 0 Å². The Balaban J connectivity index is 2.06. The van der Waals surface area contributed by atoms with Gasteiger partial charge in [-0.2, -0.15) is 4.31 Å². The van der Waals surface area contributed by atoms with Crippen LogP contribution in [-0.2, 0) is 17.1 Å². The molecule has 1 unspecified atom stereocenters. The number of hydrogen-bond acceptors (Lipinski definition) is 5. The number of rotatable bonds is 4. The molecule has 0 radical (unpaired) electrons. The lowest BCUT2D eigenvalue weighted by Crippen LogP contribution is -2.50. The quantitative estimate of drug-likeness (QED) is 0.767. The highest BCUT2D eigenvalue weighted by atomic mass is 32.2. The third kappa shape index (κ3) is 3.14. The van der Waals surface area contributed by atoms with Crippen molar-refractivity contribution in [3.05, 3.63) is 18.2 Å². The molecular formula is C11H21N5O2S. The zero-order chi connectivity index (χ0) is 14.0. The van der Waals surface area contributed by atoms with E-state index in [1.165, 1.54) is 10.6 Å². The molecule has 0 spiro atoms. The van der Waals surface area contributed by atoms with Gasteiger partial charge in [-0.1, -0.05) is 0 Å². The van der Waals surface area contributed by atoms with Crippen molar-refractivity contribution in [3.8, 4) is 0 Å². The van der Waals surface area contributed by atoms with Crippen LogP contribution in [0.1, 0.15) is 11.7 Å². The molecular weight excluding hydrogens is 266 g/mol. The number of piperazine rings is 1. The lowest BCUT2D eigenvalue weighted by Gasteiger charge is -2.37. The maximum Gasteiger partial charge on any atom is 0.211 e. The topological polar surface area (TPSA) is 84.5 Å². The Morgan fingerprint density at radius 3 is 2.42 bits per heavy atom. The molecule has 1 aliphatic heterocycles. The van der Waals surface area contributed by atoms with Gasteiger partial charge in [0.1, 0.15) is 0 Å².